The van der Waals surface area contributed by atoms with E-state index in [1.165, 1.54) is 29.0 Å². The minimum Gasteiger partial charge on any atom is -0.494 e. The zero-order chi connectivity index (χ0) is 23.2. The first kappa shape index (κ1) is 22.4. The van der Waals surface area contributed by atoms with Crippen LogP contribution in [0.4, 0.5) is 10.8 Å². The molecule has 0 aliphatic carbocycles. The monoisotopic (exact) mass is 457 g/mol. The van der Waals surface area contributed by atoms with Crippen molar-refractivity contribution in [2.75, 3.05) is 6.61 Å². The molecule has 3 aromatic carbocycles. The van der Waals surface area contributed by atoms with Gasteiger partial charge in [-0.3, -0.25) is 10.1 Å². The molecule has 0 aliphatic rings. The average Bonchev–Trinajstić information content (AvgIpc) is 3.28. The molecule has 166 valence electrons. The van der Waals surface area contributed by atoms with E-state index in [1.54, 1.807) is 18.3 Å². The molecule has 0 unspecified atom stereocenters. The number of ether oxygens (including phenoxy) is 1. The van der Waals surface area contributed by atoms with Crippen LogP contribution in [0.5, 0.6) is 5.75 Å². The van der Waals surface area contributed by atoms with Crippen LogP contribution in [0.15, 0.2) is 77.8 Å². The fraction of sp³-hybridized carbons (Fsp3) is 0.154. The maximum absolute atomic E-state index is 11.0. The van der Waals surface area contributed by atoms with Crippen LogP contribution >= 0.6 is 11.3 Å². The molecule has 0 bridgehead atoms. The molecule has 0 saturated carbocycles. The summed E-state index contributed by atoms with van der Waals surface area (Å²) >= 11 is 1.46. The third-order valence-electron chi connectivity index (χ3n) is 5.11. The summed E-state index contributed by atoms with van der Waals surface area (Å²) < 4.78 is 5.48. The van der Waals surface area contributed by atoms with Gasteiger partial charge in [-0.15, -0.1) is 0 Å². The summed E-state index contributed by atoms with van der Waals surface area (Å²) in [5.41, 5.74) is 4.93. The van der Waals surface area contributed by atoms with Crippen molar-refractivity contribution in [2.45, 2.75) is 20.3 Å². The van der Waals surface area contributed by atoms with E-state index in [9.17, 15) is 10.1 Å². The van der Waals surface area contributed by atoms with Gasteiger partial charge in [0.15, 0.2) is 0 Å². The number of aryl methyl sites for hydroxylation is 1. The predicted molar refractivity (Wildman–Crippen MR) is 134 cm³/mol. The summed E-state index contributed by atoms with van der Waals surface area (Å²) in [5.74, 6) is 0.821. The van der Waals surface area contributed by atoms with E-state index in [0.717, 1.165) is 39.4 Å². The van der Waals surface area contributed by atoms with Crippen molar-refractivity contribution in [2.24, 2.45) is 4.99 Å². The number of hydrogen-bond donors (Lipinski definition) is 0. The molecule has 0 N–H and O–H groups in total. The molecule has 0 spiro atoms. The van der Waals surface area contributed by atoms with Crippen molar-refractivity contribution in [1.29, 1.82) is 0 Å². The van der Waals surface area contributed by atoms with Crippen molar-refractivity contribution in [3.8, 4) is 27.4 Å². The highest BCUT2D eigenvalue weighted by Gasteiger charge is 2.16. The topological polar surface area (TPSA) is 77.6 Å². The van der Waals surface area contributed by atoms with Gasteiger partial charge < -0.3 is 4.74 Å². The Morgan fingerprint density at radius 1 is 0.970 bits per heavy atom. The number of nitro benzene ring substituents is 1. The third kappa shape index (κ3) is 5.32. The minimum atomic E-state index is -0.395. The van der Waals surface area contributed by atoms with Gasteiger partial charge in [-0.1, -0.05) is 42.5 Å². The third-order valence-corrected chi connectivity index (χ3v) is 6.12. The van der Waals surface area contributed by atoms with Crippen LogP contribution < -0.4 is 4.74 Å². The van der Waals surface area contributed by atoms with Gasteiger partial charge in [0.1, 0.15) is 5.75 Å². The summed E-state index contributed by atoms with van der Waals surface area (Å²) in [7, 11) is 0. The Balaban J connectivity index is 1.70. The molecular weight excluding hydrogens is 434 g/mol. The van der Waals surface area contributed by atoms with Gasteiger partial charge in [-0.25, -0.2) is 9.98 Å². The summed E-state index contributed by atoms with van der Waals surface area (Å²) in [5, 5.41) is 11.7. The van der Waals surface area contributed by atoms with Gasteiger partial charge in [0, 0.05) is 23.9 Å². The van der Waals surface area contributed by atoms with E-state index >= 15 is 0 Å². The van der Waals surface area contributed by atoms with E-state index in [0.29, 0.717) is 11.7 Å². The molecule has 4 rings (SSSR count). The number of hydrogen-bond acceptors (Lipinski definition) is 6. The van der Waals surface area contributed by atoms with Crippen LogP contribution in [0.1, 0.15) is 25.0 Å². The van der Waals surface area contributed by atoms with Gasteiger partial charge in [-0.05, 0) is 66.4 Å². The Bertz CT molecular complexity index is 1260. The number of nitrogens with zero attached hydrogens (tertiary/aromatic N) is 3. The number of benzene rings is 3. The summed E-state index contributed by atoms with van der Waals surface area (Å²) in [4.78, 5) is 21.0. The van der Waals surface area contributed by atoms with Crippen molar-refractivity contribution < 1.29 is 9.66 Å². The largest absolute Gasteiger partial charge is 0.494 e. The normalized spacial score (nSPS) is 11.1. The Hall–Kier alpha value is -3.84. The van der Waals surface area contributed by atoms with E-state index in [4.69, 9.17) is 9.72 Å². The van der Waals surface area contributed by atoms with Gasteiger partial charge >= 0.3 is 0 Å². The quantitative estimate of drug-likeness (QED) is 0.161. The Morgan fingerprint density at radius 3 is 2.24 bits per heavy atom. The van der Waals surface area contributed by atoms with Crippen molar-refractivity contribution >= 4 is 28.4 Å². The first-order valence-electron chi connectivity index (χ1n) is 10.7. The summed E-state index contributed by atoms with van der Waals surface area (Å²) in [6.45, 7) is 4.70. The number of thiazole rings is 1. The molecule has 33 heavy (non-hydrogen) atoms. The minimum absolute atomic E-state index is 0.0610. The van der Waals surface area contributed by atoms with Crippen molar-refractivity contribution in [3.63, 3.8) is 0 Å². The number of non-ortho nitro benzene ring substituents is 1. The lowest BCUT2D eigenvalue weighted by Crippen LogP contribution is -1.91. The fourth-order valence-electron chi connectivity index (χ4n) is 3.33. The maximum Gasteiger partial charge on any atom is 0.269 e. The number of aromatic nitrogens is 1. The molecule has 0 amide bonds. The van der Waals surface area contributed by atoms with Crippen molar-refractivity contribution in [1.82, 2.24) is 4.98 Å². The number of rotatable bonds is 8. The van der Waals surface area contributed by atoms with Crippen LogP contribution in [-0.4, -0.2) is 22.7 Å². The van der Waals surface area contributed by atoms with E-state index in [2.05, 4.69) is 36.2 Å². The first-order valence-corrected chi connectivity index (χ1v) is 11.5. The number of aliphatic imine (C=N–C) groups is 1. The molecule has 0 radical (unpaired) electrons. The second kappa shape index (κ2) is 10.2. The van der Waals surface area contributed by atoms with E-state index < -0.39 is 4.92 Å². The fourth-order valence-corrected chi connectivity index (χ4v) is 4.27. The van der Waals surface area contributed by atoms with Crippen molar-refractivity contribution in [3.05, 3.63) is 94.0 Å². The molecule has 0 saturated heterocycles. The lowest BCUT2D eigenvalue weighted by Gasteiger charge is -2.04. The molecule has 0 atom stereocenters. The Kier molecular flexibility index (Phi) is 6.90. The molecule has 7 heteroatoms. The summed E-state index contributed by atoms with van der Waals surface area (Å²) in [6, 6.07) is 22.6. The van der Waals surface area contributed by atoms with Gasteiger partial charge in [0.25, 0.3) is 5.69 Å². The van der Waals surface area contributed by atoms with E-state index in [-0.39, 0.29) is 5.69 Å². The summed E-state index contributed by atoms with van der Waals surface area (Å²) in [6.07, 6.45) is 2.74. The van der Waals surface area contributed by atoms with E-state index in [1.807, 2.05) is 31.2 Å². The lowest BCUT2D eigenvalue weighted by atomic mass is 10.0. The smallest absolute Gasteiger partial charge is 0.269 e. The zero-order valence-corrected chi connectivity index (χ0v) is 19.2. The average molecular weight is 458 g/mol. The first-order chi connectivity index (χ1) is 16.1. The predicted octanol–water partition coefficient (Wildman–Crippen LogP) is 7.10. The van der Waals surface area contributed by atoms with Crippen LogP contribution in [0.3, 0.4) is 0 Å². The van der Waals surface area contributed by atoms with Crippen LogP contribution in [0, 0.1) is 10.1 Å². The standard InChI is InChI=1S/C26H23N3O3S/c1-3-18-5-9-20(10-6-18)24-25(21-11-13-22(14-12-21)29(30)31)33-26(28-24)27-17-19-7-15-23(16-8-19)32-4-2/h5-17H,3-4H2,1-2H3. The SMILES string of the molecule is CCOc1ccc(C=Nc2nc(-c3ccc(CC)cc3)c(-c3ccc([N+](=O)[O-])cc3)s2)cc1. The molecule has 1 aromatic heterocycles. The van der Waals surface area contributed by atoms with Gasteiger partial charge in [0.05, 0.1) is 22.1 Å². The van der Waals surface area contributed by atoms with Crippen LogP contribution in [0.25, 0.3) is 21.7 Å². The second-order valence-electron chi connectivity index (χ2n) is 7.29. The van der Waals surface area contributed by atoms with Crippen LogP contribution in [0.2, 0.25) is 0 Å². The highest BCUT2D eigenvalue weighted by Crippen LogP contribution is 2.40. The Labute approximate surface area is 196 Å². The molecule has 0 aliphatic heterocycles. The molecule has 0 fully saturated rings. The molecule has 4 aromatic rings. The van der Waals surface area contributed by atoms with Crippen LogP contribution in [-0.2, 0) is 6.42 Å². The molecule has 1 heterocycles. The highest BCUT2D eigenvalue weighted by atomic mass is 32.1. The maximum atomic E-state index is 11.0. The highest BCUT2D eigenvalue weighted by molar-refractivity contribution is 7.19. The molecule has 6 nitrogen and oxygen atoms in total. The zero-order valence-electron chi connectivity index (χ0n) is 18.4. The van der Waals surface area contributed by atoms with Gasteiger partial charge in [-0.2, -0.15) is 0 Å². The Morgan fingerprint density at radius 2 is 1.64 bits per heavy atom. The number of nitro groups is 1. The molecular formula is C26H23N3O3S. The lowest BCUT2D eigenvalue weighted by molar-refractivity contribution is -0.384. The second-order valence-corrected chi connectivity index (χ2v) is 8.27. The van der Waals surface area contributed by atoms with Gasteiger partial charge in [0.2, 0.25) is 5.13 Å².